The van der Waals surface area contributed by atoms with Gasteiger partial charge in [-0.2, -0.15) is 4.39 Å². The molecule has 6 heteroatoms. The van der Waals surface area contributed by atoms with Crippen LogP contribution in [0.25, 0.3) is 0 Å². The van der Waals surface area contributed by atoms with Gasteiger partial charge in [-0.1, -0.05) is 6.07 Å². The lowest BCUT2D eigenvalue weighted by Crippen LogP contribution is -2.36. The molecule has 0 aliphatic carbocycles. The number of para-hydroxylation sites is 1. The lowest BCUT2D eigenvalue weighted by molar-refractivity contribution is -0.386. The van der Waals surface area contributed by atoms with E-state index in [0.717, 1.165) is 25.5 Å². The first-order valence-electron chi connectivity index (χ1n) is 6.35. The number of likely N-dealkylation sites (tertiary alicyclic amines) is 1. The van der Waals surface area contributed by atoms with Gasteiger partial charge in [-0.15, -0.1) is 0 Å². The van der Waals surface area contributed by atoms with Crippen molar-refractivity contribution in [2.24, 2.45) is 0 Å². The third-order valence-electron chi connectivity index (χ3n) is 3.72. The van der Waals surface area contributed by atoms with E-state index in [1.165, 1.54) is 6.07 Å². The van der Waals surface area contributed by atoms with Gasteiger partial charge in [0.15, 0.2) is 0 Å². The summed E-state index contributed by atoms with van der Waals surface area (Å²) >= 11 is 0. The Bertz CT molecular complexity index is 481. The van der Waals surface area contributed by atoms with Crippen LogP contribution in [-0.4, -0.2) is 43.0 Å². The fourth-order valence-electron chi connectivity index (χ4n) is 2.62. The van der Waals surface area contributed by atoms with Crippen LogP contribution < -0.4 is 4.90 Å². The summed E-state index contributed by atoms with van der Waals surface area (Å²) in [5, 5.41) is 11.0. The molecule has 0 spiro atoms. The summed E-state index contributed by atoms with van der Waals surface area (Å²) < 4.78 is 13.6. The molecule has 0 saturated carbocycles. The van der Waals surface area contributed by atoms with Gasteiger partial charge in [0.25, 0.3) is 0 Å². The number of hydrogen-bond acceptors (Lipinski definition) is 4. The molecule has 1 heterocycles. The average molecular weight is 267 g/mol. The Morgan fingerprint density at radius 1 is 1.58 bits per heavy atom. The van der Waals surface area contributed by atoms with Gasteiger partial charge in [0.05, 0.1) is 4.92 Å². The molecular formula is C13H18FN3O2. The van der Waals surface area contributed by atoms with E-state index in [0.29, 0.717) is 18.3 Å². The summed E-state index contributed by atoms with van der Waals surface area (Å²) in [6.45, 7) is 1.71. The van der Waals surface area contributed by atoms with E-state index in [1.807, 2.05) is 7.05 Å². The topological polar surface area (TPSA) is 49.6 Å². The van der Waals surface area contributed by atoms with Gasteiger partial charge in [0.1, 0.15) is 5.69 Å². The van der Waals surface area contributed by atoms with Gasteiger partial charge in [0.2, 0.25) is 5.82 Å². The second-order valence-corrected chi connectivity index (χ2v) is 5.02. The number of likely N-dealkylation sites (N-methyl/N-ethyl adjacent to an activating group) is 2. The molecule has 1 aliphatic heterocycles. The fraction of sp³-hybridized carbons (Fsp3) is 0.538. The van der Waals surface area contributed by atoms with Crippen molar-refractivity contribution in [2.75, 3.05) is 32.1 Å². The van der Waals surface area contributed by atoms with Crippen molar-refractivity contribution in [3.05, 3.63) is 34.1 Å². The highest BCUT2D eigenvalue weighted by Crippen LogP contribution is 2.30. The molecule has 2 rings (SSSR count). The van der Waals surface area contributed by atoms with Crippen molar-refractivity contribution in [2.45, 2.75) is 18.9 Å². The van der Waals surface area contributed by atoms with Gasteiger partial charge >= 0.3 is 5.69 Å². The number of nitrogens with zero attached hydrogens (tertiary/aromatic N) is 3. The standard InChI is InChI=1S/C13H18FN3O2/c1-15-8-4-5-10(15)9-16(2)12-7-3-6-11(14)13(12)17(18)19/h3,6-7,10H,4-5,8-9H2,1-2H3. The van der Waals surface area contributed by atoms with Crippen molar-refractivity contribution in [3.63, 3.8) is 0 Å². The lowest BCUT2D eigenvalue weighted by atomic mass is 10.2. The van der Waals surface area contributed by atoms with Crippen LogP contribution in [0.5, 0.6) is 0 Å². The smallest absolute Gasteiger partial charge is 0.327 e. The number of halogens is 1. The number of benzene rings is 1. The van der Waals surface area contributed by atoms with Crippen molar-refractivity contribution < 1.29 is 9.31 Å². The highest BCUT2D eigenvalue weighted by Gasteiger charge is 2.26. The first-order valence-corrected chi connectivity index (χ1v) is 6.35. The molecule has 1 aliphatic rings. The minimum Gasteiger partial charge on any atom is -0.367 e. The SMILES string of the molecule is CN(CC1CCCN1C)c1cccc(F)c1[N+](=O)[O-]. The Kier molecular flexibility index (Phi) is 3.99. The molecule has 5 nitrogen and oxygen atoms in total. The number of hydrogen-bond donors (Lipinski definition) is 0. The molecule has 0 bridgehead atoms. The monoisotopic (exact) mass is 267 g/mol. The van der Waals surface area contributed by atoms with Gasteiger partial charge in [-0.3, -0.25) is 10.1 Å². The van der Waals surface area contributed by atoms with Crippen LogP contribution in [0, 0.1) is 15.9 Å². The Balaban J connectivity index is 2.21. The predicted molar refractivity (Wildman–Crippen MR) is 72.0 cm³/mol. The molecule has 0 amide bonds. The summed E-state index contributed by atoms with van der Waals surface area (Å²) in [5.41, 5.74) is -0.101. The number of nitro benzene ring substituents is 1. The zero-order valence-corrected chi connectivity index (χ0v) is 11.2. The average Bonchev–Trinajstić information content (AvgIpc) is 2.74. The first kappa shape index (κ1) is 13.7. The molecule has 104 valence electrons. The second-order valence-electron chi connectivity index (χ2n) is 5.02. The van der Waals surface area contributed by atoms with Crippen LogP contribution in [-0.2, 0) is 0 Å². The molecular weight excluding hydrogens is 249 g/mol. The molecule has 1 fully saturated rings. The molecule has 1 unspecified atom stereocenters. The Labute approximate surface area is 111 Å². The number of nitro groups is 1. The second kappa shape index (κ2) is 5.52. The van der Waals surface area contributed by atoms with Gasteiger partial charge in [0, 0.05) is 19.6 Å². The van der Waals surface area contributed by atoms with Crippen LogP contribution >= 0.6 is 0 Å². The lowest BCUT2D eigenvalue weighted by Gasteiger charge is -2.27. The van der Waals surface area contributed by atoms with Crippen molar-refractivity contribution >= 4 is 11.4 Å². The Morgan fingerprint density at radius 2 is 2.32 bits per heavy atom. The van der Waals surface area contributed by atoms with Crippen LogP contribution in [0.3, 0.4) is 0 Å². The quantitative estimate of drug-likeness (QED) is 0.620. The van der Waals surface area contributed by atoms with Gasteiger partial charge < -0.3 is 9.80 Å². The van der Waals surface area contributed by atoms with E-state index in [4.69, 9.17) is 0 Å². The number of rotatable bonds is 4. The zero-order valence-electron chi connectivity index (χ0n) is 11.2. The summed E-state index contributed by atoms with van der Waals surface area (Å²) in [6, 6.07) is 4.59. The first-order chi connectivity index (χ1) is 9.00. The van der Waals surface area contributed by atoms with Gasteiger partial charge in [-0.05, 0) is 38.6 Å². The van der Waals surface area contributed by atoms with E-state index in [-0.39, 0.29) is 0 Å². The molecule has 1 aromatic carbocycles. The minimum absolute atomic E-state index is 0.338. The van der Waals surface area contributed by atoms with Crippen molar-refractivity contribution in [1.82, 2.24) is 4.90 Å². The molecule has 0 N–H and O–H groups in total. The van der Waals surface area contributed by atoms with Crippen molar-refractivity contribution in [1.29, 1.82) is 0 Å². The molecule has 0 aromatic heterocycles. The van der Waals surface area contributed by atoms with Crippen LogP contribution in [0.2, 0.25) is 0 Å². The third kappa shape index (κ3) is 2.84. The maximum atomic E-state index is 13.6. The van der Waals surface area contributed by atoms with E-state index in [2.05, 4.69) is 4.90 Å². The molecule has 19 heavy (non-hydrogen) atoms. The molecule has 1 atom stereocenters. The normalized spacial score (nSPS) is 19.6. The predicted octanol–water partition coefficient (Wildman–Crippen LogP) is 2.26. The molecule has 1 aromatic rings. The third-order valence-corrected chi connectivity index (χ3v) is 3.72. The fourth-order valence-corrected chi connectivity index (χ4v) is 2.62. The Morgan fingerprint density at radius 3 is 2.89 bits per heavy atom. The molecule has 1 saturated heterocycles. The maximum absolute atomic E-state index is 13.6. The van der Waals surface area contributed by atoms with E-state index < -0.39 is 16.4 Å². The Hall–Kier alpha value is -1.69. The van der Waals surface area contributed by atoms with E-state index in [1.54, 1.807) is 18.0 Å². The van der Waals surface area contributed by atoms with Crippen LogP contribution in [0.1, 0.15) is 12.8 Å². The highest BCUT2D eigenvalue weighted by atomic mass is 19.1. The van der Waals surface area contributed by atoms with Crippen LogP contribution in [0.15, 0.2) is 18.2 Å². The van der Waals surface area contributed by atoms with Crippen LogP contribution in [0.4, 0.5) is 15.8 Å². The largest absolute Gasteiger partial charge is 0.367 e. The van der Waals surface area contributed by atoms with Crippen molar-refractivity contribution in [3.8, 4) is 0 Å². The van der Waals surface area contributed by atoms with E-state index in [9.17, 15) is 14.5 Å². The minimum atomic E-state index is -0.783. The van der Waals surface area contributed by atoms with E-state index >= 15 is 0 Å². The summed E-state index contributed by atoms with van der Waals surface area (Å²) in [7, 11) is 3.82. The van der Waals surface area contributed by atoms with Gasteiger partial charge in [-0.25, -0.2) is 0 Å². The molecule has 0 radical (unpaired) electrons. The zero-order chi connectivity index (χ0) is 14.0. The summed E-state index contributed by atoms with van der Waals surface area (Å²) in [4.78, 5) is 14.3. The summed E-state index contributed by atoms with van der Waals surface area (Å²) in [5.74, 6) is -0.783. The number of anilines is 1. The maximum Gasteiger partial charge on any atom is 0.327 e. The summed E-state index contributed by atoms with van der Waals surface area (Å²) in [6.07, 6.45) is 2.21. The highest BCUT2D eigenvalue weighted by molar-refractivity contribution is 5.63.